The molecule has 0 bridgehead atoms. The highest BCUT2D eigenvalue weighted by molar-refractivity contribution is 5.80. The van der Waals surface area contributed by atoms with E-state index in [0.29, 0.717) is 33.9 Å². The van der Waals surface area contributed by atoms with Crippen molar-refractivity contribution in [2.45, 2.75) is 0 Å². The Balaban J connectivity index is 1.69. The number of rotatable bonds is 4. The minimum Gasteiger partial charge on any atom is -0.495 e. The lowest BCUT2D eigenvalue weighted by molar-refractivity contribution is 0.174. The van der Waals surface area contributed by atoms with E-state index in [1.807, 2.05) is 72.8 Å². The van der Waals surface area contributed by atoms with Gasteiger partial charge in [0.2, 0.25) is 6.79 Å². The standard InChI is InChI=1S/C24H18N2O4/c1-28-20-9-5-4-8-19(20)26-23(25-18-7-3-2-6-17(18)24(26)27)13-11-16-10-12-21-22(14-16)30-15-29-21/h2-14H,15H2,1H3/b13-11+. The molecule has 5 rings (SSSR count). The highest BCUT2D eigenvalue weighted by Gasteiger charge is 2.15. The van der Waals surface area contributed by atoms with Crippen molar-refractivity contribution in [1.82, 2.24) is 9.55 Å². The van der Waals surface area contributed by atoms with Crippen molar-refractivity contribution in [3.8, 4) is 22.9 Å². The Kier molecular flexibility index (Phi) is 4.44. The summed E-state index contributed by atoms with van der Waals surface area (Å²) in [6.45, 7) is 0.224. The minimum absolute atomic E-state index is 0.157. The van der Waals surface area contributed by atoms with Crippen LogP contribution < -0.4 is 19.8 Å². The second-order valence-electron chi connectivity index (χ2n) is 6.75. The smallest absolute Gasteiger partial charge is 0.266 e. The zero-order valence-corrected chi connectivity index (χ0v) is 16.2. The van der Waals surface area contributed by atoms with Crippen molar-refractivity contribution in [1.29, 1.82) is 0 Å². The molecule has 0 amide bonds. The van der Waals surface area contributed by atoms with Crippen LogP contribution in [0.5, 0.6) is 17.2 Å². The molecule has 6 nitrogen and oxygen atoms in total. The van der Waals surface area contributed by atoms with Crippen LogP contribution in [0.4, 0.5) is 0 Å². The van der Waals surface area contributed by atoms with Crippen LogP contribution in [0.3, 0.4) is 0 Å². The first-order chi connectivity index (χ1) is 14.7. The Labute approximate surface area is 172 Å². The normalized spacial score (nSPS) is 12.6. The fourth-order valence-corrected chi connectivity index (χ4v) is 3.50. The summed E-state index contributed by atoms with van der Waals surface area (Å²) in [5.41, 5.74) is 2.02. The van der Waals surface area contributed by atoms with Crippen LogP contribution in [0, 0.1) is 0 Å². The van der Waals surface area contributed by atoms with Crippen LogP contribution in [0.1, 0.15) is 11.4 Å². The first-order valence-electron chi connectivity index (χ1n) is 9.47. The summed E-state index contributed by atoms with van der Waals surface area (Å²) in [6.07, 6.45) is 3.71. The third-order valence-corrected chi connectivity index (χ3v) is 4.95. The summed E-state index contributed by atoms with van der Waals surface area (Å²) in [5.74, 6) is 2.52. The summed E-state index contributed by atoms with van der Waals surface area (Å²) in [4.78, 5) is 18.1. The summed E-state index contributed by atoms with van der Waals surface area (Å²) in [6, 6.07) is 20.4. The SMILES string of the molecule is COc1ccccc1-n1c(/C=C/c2ccc3c(c2)OCO3)nc2ccccc2c1=O. The molecule has 6 heteroatoms. The second kappa shape index (κ2) is 7.40. The van der Waals surface area contributed by atoms with Gasteiger partial charge in [0, 0.05) is 0 Å². The van der Waals surface area contributed by atoms with Crippen molar-refractivity contribution in [2.24, 2.45) is 0 Å². The van der Waals surface area contributed by atoms with Gasteiger partial charge in [0.1, 0.15) is 11.6 Å². The summed E-state index contributed by atoms with van der Waals surface area (Å²) in [7, 11) is 1.58. The molecule has 0 saturated heterocycles. The number of hydrogen-bond donors (Lipinski definition) is 0. The van der Waals surface area contributed by atoms with Gasteiger partial charge in [-0.25, -0.2) is 4.98 Å². The van der Waals surface area contributed by atoms with E-state index in [1.54, 1.807) is 17.7 Å². The average molecular weight is 398 g/mol. The molecule has 30 heavy (non-hydrogen) atoms. The van der Waals surface area contributed by atoms with E-state index in [1.165, 1.54) is 0 Å². The summed E-state index contributed by atoms with van der Waals surface area (Å²) >= 11 is 0. The molecule has 0 unspecified atom stereocenters. The Morgan fingerprint density at radius 3 is 2.67 bits per heavy atom. The van der Waals surface area contributed by atoms with Crippen LogP contribution in [-0.2, 0) is 0 Å². The maximum absolute atomic E-state index is 13.4. The predicted octanol–water partition coefficient (Wildman–Crippen LogP) is 4.29. The molecule has 1 aliphatic heterocycles. The number of methoxy groups -OCH3 is 1. The molecule has 0 N–H and O–H groups in total. The molecule has 4 aromatic rings. The molecule has 0 radical (unpaired) electrons. The number of nitrogens with zero attached hydrogens (tertiary/aromatic N) is 2. The Bertz CT molecular complexity index is 1340. The lowest BCUT2D eigenvalue weighted by Crippen LogP contribution is -2.22. The van der Waals surface area contributed by atoms with Crippen molar-refractivity contribution < 1.29 is 14.2 Å². The molecule has 0 spiro atoms. The average Bonchev–Trinajstić information content (AvgIpc) is 3.26. The van der Waals surface area contributed by atoms with Crippen LogP contribution in [0.2, 0.25) is 0 Å². The molecule has 148 valence electrons. The molecule has 1 aliphatic rings. The van der Waals surface area contributed by atoms with Gasteiger partial charge in [0.05, 0.1) is 23.7 Å². The first kappa shape index (κ1) is 18.0. The van der Waals surface area contributed by atoms with E-state index < -0.39 is 0 Å². The number of para-hydroxylation sites is 3. The third-order valence-electron chi connectivity index (χ3n) is 4.95. The van der Waals surface area contributed by atoms with Crippen molar-refractivity contribution in [2.75, 3.05) is 13.9 Å². The molecule has 0 fully saturated rings. The van der Waals surface area contributed by atoms with E-state index in [2.05, 4.69) is 0 Å². The van der Waals surface area contributed by atoms with Crippen molar-refractivity contribution in [3.05, 3.63) is 88.5 Å². The highest BCUT2D eigenvalue weighted by atomic mass is 16.7. The number of fused-ring (bicyclic) bond motifs is 2. The first-order valence-corrected chi connectivity index (χ1v) is 9.47. The molecule has 3 aromatic carbocycles. The minimum atomic E-state index is -0.157. The fourth-order valence-electron chi connectivity index (χ4n) is 3.50. The lowest BCUT2D eigenvalue weighted by atomic mass is 10.1. The van der Waals surface area contributed by atoms with Crippen LogP contribution >= 0.6 is 0 Å². The number of hydrogen-bond acceptors (Lipinski definition) is 5. The monoisotopic (exact) mass is 398 g/mol. The van der Waals surface area contributed by atoms with Gasteiger partial charge in [0.15, 0.2) is 11.5 Å². The van der Waals surface area contributed by atoms with E-state index in [0.717, 1.165) is 11.3 Å². The molecule has 2 heterocycles. The van der Waals surface area contributed by atoms with Crippen LogP contribution in [0.15, 0.2) is 71.5 Å². The van der Waals surface area contributed by atoms with E-state index >= 15 is 0 Å². The molecule has 0 atom stereocenters. The van der Waals surface area contributed by atoms with Gasteiger partial charge in [-0.1, -0.05) is 36.4 Å². The van der Waals surface area contributed by atoms with Crippen LogP contribution in [0.25, 0.3) is 28.7 Å². The predicted molar refractivity (Wildman–Crippen MR) is 115 cm³/mol. The Morgan fingerprint density at radius 2 is 1.77 bits per heavy atom. The summed E-state index contributed by atoms with van der Waals surface area (Å²) < 4.78 is 17.9. The van der Waals surface area contributed by atoms with Crippen LogP contribution in [-0.4, -0.2) is 23.5 Å². The number of benzene rings is 3. The Hall–Kier alpha value is -4.06. The lowest BCUT2D eigenvalue weighted by Gasteiger charge is -2.14. The van der Waals surface area contributed by atoms with E-state index in [-0.39, 0.29) is 12.4 Å². The quantitative estimate of drug-likeness (QED) is 0.513. The maximum atomic E-state index is 13.4. The van der Waals surface area contributed by atoms with E-state index in [9.17, 15) is 4.79 Å². The van der Waals surface area contributed by atoms with Gasteiger partial charge in [-0.3, -0.25) is 9.36 Å². The van der Waals surface area contributed by atoms with Gasteiger partial charge < -0.3 is 14.2 Å². The molecule has 0 saturated carbocycles. The summed E-state index contributed by atoms with van der Waals surface area (Å²) in [5, 5.41) is 0.545. The zero-order valence-electron chi connectivity index (χ0n) is 16.2. The molecule has 0 aliphatic carbocycles. The zero-order chi connectivity index (χ0) is 20.5. The van der Waals surface area contributed by atoms with Gasteiger partial charge in [-0.15, -0.1) is 0 Å². The van der Waals surface area contributed by atoms with E-state index in [4.69, 9.17) is 19.2 Å². The van der Waals surface area contributed by atoms with Crippen molar-refractivity contribution in [3.63, 3.8) is 0 Å². The fraction of sp³-hybridized carbons (Fsp3) is 0.0833. The topological polar surface area (TPSA) is 62.6 Å². The maximum Gasteiger partial charge on any atom is 0.266 e. The third kappa shape index (κ3) is 3.08. The largest absolute Gasteiger partial charge is 0.495 e. The number of ether oxygens (including phenoxy) is 3. The van der Waals surface area contributed by atoms with Gasteiger partial charge in [-0.2, -0.15) is 0 Å². The van der Waals surface area contributed by atoms with Crippen molar-refractivity contribution >= 4 is 23.1 Å². The molecular weight excluding hydrogens is 380 g/mol. The number of aromatic nitrogens is 2. The highest BCUT2D eigenvalue weighted by Crippen LogP contribution is 2.33. The molecule has 1 aromatic heterocycles. The molecular formula is C24H18N2O4. The van der Waals surface area contributed by atoms with Gasteiger partial charge in [-0.05, 0) is 48.0 Å². The van der Waals surface area contributed by atoms with Gasteiger partial charge in [0.25, 0.3) is 5.56 Å². The Morgan fingerprint density at radius 1 is 0.967 bits per heavy atom. The second-order valence-corrected chi connectivity index (χ2v) is 6.75. The van der Waals surface area contributed by atoms with Gasteiger partial charge >= 0.3 is 0 Å².